The Labute approximate surface area is 263 Å². The average Bonchev–Trinajstić information content (AvgIpc) is 3.01. The molecule has 0 unspecified atom stereocenters. The van der Waals surface area contributed by atoms with E-state index in [4.69, 9.17) is 0 Å². The summed E-state index contributed by atoms with van der Waals surface area (Å²) in [6.07, 6.45) is 12.6. The molecular weight excluding hydrogens is 560 g/mol. The highest BCUT2D eigenvalue weighted by Gasteiger charge is 2.39. The van der Waals surface area contributed by atoms with Crippen molar-refractivity contribution in [3.05, 3.63) is 69.8 Å². The van der Waals surface area contributed by atoms with Gasteiger partial charge < -0.3 is 0 Å². The van der Waals surface area contributed by atoms with Gasteiger partial charge in [0.1, 0.15) is 0 Å². The molecule has 0 radical (unpaired) electrons. The lowest BCUT2D eigenvalue weighted by Gasteiger charge is -2.30. The SMILES string of the molecule is CCCC1CCC(c2ccc(C(=O)c3ccc(C4CCC(CCC)CC4)cc3C(F)(F)CCC)c(C(F)(F)CCC)c2)CC1. The van der Waals surface area contributed by atoms with Gasteiger partial charge in [-0.25, -0.2) is 17.6 Å². The van der Waals surface area contributed by atoms with Crippen molar-refractivity contribution in [3.8, 4) is 0 Å². The molecule has 0 aromatic heterocycles. The molecule has 2 aromatic rings. The Kier molecular flexibility index (Phi) is 12.2. The zero-order chi connectivity index (χ0) is 31.9. The summed E-state index contributed by atoms with van der Waals surface area (Å²) in [6.45, 7) is 7.79. The number of halogens is 4. The van der Waals surface area contributed by atoms with Crippen molar-refractivity contribution in [1.82, 2.24) is 0 Å². The summed E-state index contributed by atoms with van der Waals surface area (Å²) in [5, 5.41) is 0. The molecule has 4 rings (SSSR count). The van der Waals surface area contributed by atoms with E-state index < -0.39 is 30.5 Å². The van der Waals surface area contributed by atoms with Crippen LogP contribution in [0.2, 0.25) is 0 Å². The zero-order valence-electron chi connectivity index (χ0n) is 27.5. The number of hydrogen-bond acceptors (Lipinski definition) is 1. The smallest absolute Gasteiger partial charge is 0.273 e. The lowest BCUT2D eigenvalue weighted by atomic mass is 9.75. The van der Waals surface area contributed by atoms with Gasteiger partial charge in [0.05, 0.1) is 0 Å². The summed E-state index contributed by atoms with van der Waals surface area (Å²) < 4.78 is 63.0. The molecule has 0 bridgehead atoms. The highest BCUT2D eigenvalue weighted by Crippen LogP contribution is 2.44. The second kappa shape index (κ2) is 15.4. The number of benzene rings is 2. The summed E-state index contributed by atoms with van der Waals surface area (Å²) in [6, 6.07) is 9.66. The normalized spacial score (nSPS) is 23.1. The van der Waals surface area contributed by atoms with E-state index >= 15 is 17.6 Å². The fourth-order valence-corrected chi connectivity index (χ4v) is 8.06. The molecular formula is C39H54F4O. The quantitative estimate of drug-likeness (QED) is 0.153. The predicted octanol–water partition coefficient (Wildman–Crippen LogP) is 12.8. The van der Waals surface area contributed by atoms with Crippen molar-refractivity contribution in [2.75, 3.05) is 0 Å². The van der Waals surface area contributed by atoms with Gasteiger partial charge in [-0.3, -0.25) is 4.79 Å². The molecule has 2 saturated carbocycles. The second-order valence-corrected chi connectivity index (χ2v) is 13.9. The Balaban J connectivity index is 1.71. The molecule has 1 nitrogen and oxygen atoms in total. The lowest BCUT2D eigenvalue weighted by molar-refractivity contribution is -0.0152. The van der Waals surface area contributed by atoms with Crippen LogP contribution in [0.5, 0.6) is 0 Å². The van der Waals surface area contributed by atoms with Crippen LogP contribution in [0.15, 0.2) is 36.4 Å². The molecule has 0 heterocycles. The van der Waals surface area contributed by atoms with Crippen LogP contribution in [0.3, 0.4) is 0 Å². The molecule has 2 aliphatic carbocycles. The second-order valence-electron chi connectivity index (χ2n) is 13.9. The Bertz CT molecular complexity index is 1130. The Morgan fingerprint density at radius 3 is 1.27 bits per heavy atom. The van der Waals surface area contributed by atoms with Crippen LogP contribution in [0.25, 0.3) is 0 Å². The van der Waals surface area contributed by atoms with Gasteiger partial charge in [-0.15, -0.1) is 0 Å². The highest BCUT2D eigenvalue weighted by molar-refractivity contribution is 6.11. The van der Waals surface area contributed by atoms with Crippen LogP contribution in [0.1, 0.15) is 180 Å². The third-order valence-electron chi connectivity index (χ3n) is 10.5. The van der Waals surface area contributed by atoms with Crippen molar-refractivity contribution < 1.29 is 22.4 Å². The van der Waals surface area contributed by atoms with Crippen LogP contribution in [-0.2, 0) is 11.8 Å². The number of rotatable bonds is 14. The van der Waals surface area contributed by atoms with E-state index in [-0.39, 0.29) is 46.9 Å². The fourth-order valence-electron chi connectivity index (χ4n) is 8.06. The molecule has 44 heavy (non-hydrogen) atoms. The first-order chi connectivity index (χ1) is 21.0. The minimum absolute atomic E-state index is 0.145. The first kappa shape index (κ1) is 34.7. The molecule has 0 atom stereocenters. The van der Waals surface area contributed by atoms with Crippen LogP contribution in [-0.4, -0.2) is 5.78 Å². The predicted molar refractivity (Wildman–Crippen MR) is 173 cm³/mol. The van der Waals surface area contributed by atoms with Gasteiger partial charge in [0.15, 0.2) is 5.78 Å². The van der Waals surface area contributed by atoms with E-state index in [1.165, 1.54) is 37.1 Å². The molecule has 244 valence electrons. The van der Waals surface area contributed by atoms with Crippen molar-refractivity contribution >= 4 is 5.78 Å². The summed E-state index contributed by atoms with van der Waals surface area (Å²) in [5.41, 5.74) is 0.781. The third-order valence-corrected chi connectivity index (χ3v) is 10.5. The van der Waals surface area contributed by atoms with Crippen molar-refractivity contribution in [1.29, 1.82) is 0 Å². The average molecular weight is 615 g/mol. The maximum Gasteiger partial charge on any atom is 0.273 e. The topological polar surface area (TPSA) is 17.1 Å². The number of carbonyl (C=O) groups excluding carboxylic acids is 1. The largest absolute Gasteiger partial charge is 0.289 e. The van der Waals surface area contributed by atoms with Crippen LogP contribution in [0.4, 0.5) is 17.6 Å². The maximum absolute atomic E-state index is 15.8. The molecule has 0 aliphatic heterocycles. The number of alkyl halides is 4. The van der Waals surface area contributed by atoms with Gasteiger partial charge in [0.25, 0.3) is 11.8 Å². The van der Waals surface area contributed by atoms with Gasteiger partial charge in [-0.1, -0.05) is 90.5 Å². The van der Waals surface area contributed by atoms with E-state index in [2.05, 4.69) is 13.8 Å². The summed E-state index contributed by atoms with van der Waals surface area (Å²) in [4.78, 5) is 14.1. The molecule has 0 N–H and O–H groups in total. The fraction of sp³-hybridized carbons (Fsp3) is 0.667. The van der Waals surface area contributed by atoms with E-state index in [9.17, 15) is 4.79 Å². The van der Waals surface area contributed by atoms with Gasteiger partial charge in [0, 0.05) is 35.1 Å². The van der Waals surface area contributed by atoms with Crippen molar-refractivity contribution in [3.63, 3.8) is 0 Å². The third kappa shape index (κ3) is 8.15. The number of carbonyl (C=O) groups is 1. The van der Waals surface area contributed by atoms with E-state index in [1.54, 1.807) is 26.0 Å². The molecule has 5 heteroatoms. The van der Waals surface area contributed by atoms with Gasteiger partial charge >= 0.3 is 0 Å². The first-order valence-corrected chi connectivity index (χ1v) is 17.6. The Hall–Kier alpha value is -2.17. The van der Waals surface area contributed by atoms with Crippen LogP contribution >= 0.6 is 0 Å². The Morgan fingerprint density at radius 1 is 0.591 bits per heavy atom. The van der Waals surface area contributed by atoms with E-state index in [1.807, 2.05) is 0 Å². The minimum atomic E-state index is -3.22. The monoisotopic (exact) mass is 614 g/mol. The summed E-state index contributed by atoms with van der Waals surface area (Å²) >= 11 is 0. The molecule has 0 amide bonds. The first-order valence-electron chi connectivity index (χ1n) is 17.6. The van der Waals surface area contributed by atoms with Gasteiger partial charge in [0.2, 0.25) is 0 Å². The maximum atomic E-state index is 15.8. The number of ketones is 1. The Morgan fingerprint density at radius 2 is 0.955 bits per heavy atom. The zero-order valence-corrected chi connectivity index (χ0v) is 27.5. The van der Waals surface area contributed by atoms with Crippen molar-refractivity contribution in [2.45, 2.75) is 154 Å². The summed E-state index contributed by atoms with van der Waals surface area (Å²) in [7, 11) is 0. The molecule has 2 aliphatic rings. The standard InChI is InChI=1S/C39H54F4O/c1-5-9-27-11-15-29(16-12-27)31-19-21-33(35(25-31)38(40,41)23-7-3)37(44)34-22-20-32(26-36(34)39(42,43)24-8-4)30-17-13-28(10-6-2)14-18-30/h19-22,25-30H,5-18,23-24H2,1-4H3. The van der Waals surface area contributed by atoms with E-state index in [0.29, 0.717) is 11.8 Å². The highest BCUT2D eigenvalue weighted by atomic mass is 19.3. The van der Waals surface area contributed by atoms with E-state index in [0.717, 1.165) is 75.3 Å². The van der Waals surface area contributed by atoms with Crippen LogP contribution in [0, 0.1) is 11.8 Å². The molecule has 2 fully saturated rings. The summed E-state index contributed by atoms with van der Waals surface area (Å²) in [5.74, 6) is -5.43. The number of hydrogen-bond donors (Lipinski definition) is 0. The molecule has 0 spiro atoms. The van der Waals surface area contributed by atoms with Gasteiger partial charge in [-0.05, 0) is 98.3 Å². The lowest BCUT2D eigenvalue weighted by Crippen LogP contribution is -2.23. The van der Waals surface area contributed by atoms with Crippen LogP contribution < -0.4 is 0 Å². The molecule has 2 aromatic carbocycles. The van der Waals surface area contributed by atoms with Crippen molar-refractivity contribution in [2.24, 2.45) is 11.8 Å². The minimum Gasteiger partial charge on any atom is -0.289 e. The molecule has 0 saturated heterocycles. The van der Waals surface area contributed by atoms with Gasteiger partial charge in [-0.2, -0.15) is 0 Å².